The summed E-state index contributed by atoms with van der Waals surface area (Å²) >= 11 is 0. The molecule has 2 heterocycles. The maximum Gasteiger partial charge on any atom is 0.354 e. The van der Waals surface area contributed by atoms with E-state index in [1.165, 1.54) is 10.9 Å². The maximum absolute atomic E-state index is 16.9. The molecule has 1 fully saturated rings. The number of benzene rings is 1. The number of aryl methyl sites for hydroxylation is 1. The maximum atomic E-state index is 16.9. The smallest absolute Gasteiger partial charge is 0.354 e. The van der Waals surface area contributed by atoms with Gasteiger partial charge in [0.1, 0.15) is 11.8 Å². The number of nitrogens with one attached hydrogen (secondary N) is 1. The Morgan fingerprint density at radius 2 is 1.32 bits per heavy atom. The van der Waals surface area contributed by atoms with Crippen LogP contribution < -0.4 is 10.5 Å². The molecule has 5 unspecified atom stereocenters. The first-order valence-electron chi connectivity index (χ1n) is 24.8. The van der Waals surface area contributed by atoms with Crippen molar-refractivity contribution in [3.8, 4) is 0 Å². The molecule has 0 saturated carbocycles. The monoisotopic (exact) mass is 1100 g/mol. The molecule has 0 aliphatic carbocycles. The lowest BCUT2D eigenvalue weighted by molar-refractivity contribution is -0.144. The van der Waals surface area contributed by atoms with Crippen LogP contribution in [0.5, 0.6) is 0 Å². The Kier molecular flexibility index (Phi) is 24.6. The second-order valence-electron chi connectivity index (χ2n) is 21.2. The zero-order chi connectivity index (χ0) is 55.0. The van der Waals surface area contributed by atoms with Gasteiger partial charge in [0.2, 0.25) is 14.7 Å². The number of nitrogens with zero attached hydrogens (tertiary/aromatic N) is 6. The fourth-order valence-corrected chi connectivity index (χ4v) is 18.2. The van der Waals surface area contributed by atoms with Crippen LogP contribution in [0, 0.1) is 5.92 Å². The van der Waals surface area contributed by atoms with E-state index in [1.807, 2.05) is 48.5 Å². The average Bonchev–Trinajstić information content (AvgIpc) is 3.79. The first-order valence-corrected chi connectivity index (χ1v) is 32.3. The van der Waals surface area contributed by atoms with Gasteiger partial charge in [0, 0.05) is 89.2 Å². The predicted octanol–water partition coefficient (Wildman–Crippen LogP) is 5.82. The van der Waals surface area contributed by atoms with Crippen molar-refractivity contribution in [1.29, 1.82) is 0 Å². The second kappa shape index (κ2) is 28.3. The summed E-state index contributed by atoms with van der Waals surface area (Å²) in [6.07, 6.45) is 0.0321. The van der Waals surface area contributed by atoms with Gasteiger partial charge in [0.05, 0.1) is 37.0 Å². The summed E-state index contributed by atoms with van der Waals surface area (Å²) in [5.74, 6) is -5.85. The van der Waals surface area contributed by atoms with Gasteiger partial charge in [-0.05, 0) is 40.2 Å². The molecule has 21 nitrogen and oxygen atoms in total. The molecular formula is C47H78FN7O14P3Si+. The number of carboxylic acids is 3. The van der Waals surface area contributed by atoms with Crippen molar-refractivity contribution in [1.82, 2.24) is 35.0 Å². The molecule has 1 saturated heterocycles. The lowest BCUT2D eigenvalue weighted by atomic mass is 9.93. The minimum absolute atomic E-state index is 0.0348. The molecule has 6 N–H and O–H groups in total. The van der Waals surface area contributed by atoms with Crippen molar-refractivity contribution >= 4 is 71.5 Å². The number of carboxylic acid groups (broad SMARTS) is 3. The number of halogens is 1. The number of aromatic nitrogens is 3. The first kappa shape index (κ1) is 63.4. The van der Waals surface area contributed by atoms with Crippen LogP contribution in [-0.4, -0.2) is 182 Å². The number of hydrogen-bond acceptors (Lipinski definition) is 14. The highest BCUT2D eigenvalue weighted by molar-refractivity contribution is 7.58. The summed E-state index contributed by atoms with van der Waals surface area (Å²) in [6.45, 7) is 14.3. The molecule has 1 aliphatic rings. The van der Waals surface area contributed by atoms with Crippen molar-refractivity contribution in [2.75, 3.05) is 83.2 Å². The number of carbonyl (C=O) groups excluding carboxylic acids is 3. The Bertz CT molecular complexity index is 2310. The van der Waals surface area contributed by atoms with Crippen LogP contribution in [0.25, 0.3) is 0 Å². The summed E-state index contributed by atoms with van der Waals surface area (Å²) < 4.78 is 57.5. The second-order valence-corrected chi connectivity index (χ2v) is 32.6. The number of hydrogen-bond donors (Lipinski definition) is 6. The van der Waals surface area contributed by atoms with Gasteiger partial charge in [0.25, 0.3) is 14.3 Å². The van der Waals surface area contributed by atoms with Gasteiger partial charge in [-0.25, -0.2) is 4.68 Å². The Balaban J connectivity index is 1.71. The van der Waals surface area contributed by atoms with Gasteiger partial charge in [-0.15, -0.1) is 5.10 Å². The fraction of sp³-hybridized carbons (Fsp3) is 0.702. The summed E-state index contributed by atoms with van der Waals surface area (Å²) in [5.41, 5.74) is 0.521. The van der Waals surface area contributed by atoms with E-state index in [-0.39, 0.29) is 127 Å². The Morgan fingerprint density at radius 1 is 0.795 bits per heavy atom. The zero-order valence-electron chi connectivity index (χ0n) is 43.4. The van der Waals surface area contributed by atoms with Crippen molar-refractivity contribution in [2.24, 2.45) is 5.92 Å². The van der Waals surface area contributed by atoms with Crippen LogP contribution in [0.2, 0.25) is 10.1 Å². The molecule has 0 spiro atoms. The molecule has 1 amide bonds. The number of Topliss-reactive ketones (excluding diaryl/α,β-unsaturated/α-hetero) is 2. The third-order valence-electron chi connectivity index (χ3n) is 13.1. The van der Waals surface area contributed by atoms with Gasteiger partial charge in [-0.3, -0.25) is 52.6 Å². The standard InChI is InChI=1S/C47H77FN7O14P3Si/c1-8-9-10-36(45(63)64)29-41(57)40(30-49-44(62)35-11-15-39(16-12-35)73(48,46(2,3)4)47(5,6)7)55-31-37(50-51-55)13-14-38(56)18-27-71(66,67)33-53-22-20-52(32-70(65)26-17-42(58)59)21-23-54(25-24-53)34-72(68,69)28-19-43(60)61/h11-12,15-16,31,36,40H,8-10,13-14,17-30,32-34H2,1-7H3,(H5-,49,58,59,60,61,62,63,64,66,67,68,69)/p+1. The number of ketones is 2. The van der Waals surface area contributed by atoms with Crippen LogP contribution in [0.4, 0.5) is 4.11 Å². The van der Waals surface area contributed by atoms with Crippen LogP contribution in [0.15, 0.2) is 30.5 Å². The lowest BCUT2D eigenvalue weighted by Crippen LogP contribution is -2.57. The zero-order valence-corrected chi connectivity index (χ0v) is 47.1. The minimum atomic E-state index is -4.00. The van der Waals surface area contributed by atoms with E-state index in [9.17, 15) is 57.4 Å². The topological polar surface area (TPSA) is 307 Å². The molecule has 5 atom stereocenters. The van der Waals surface area contributed by atoms with Crippen molar-refractivity contribution in [2.45, 2.75) is 122 Å². The molecule has 3 rings (SSSR count). The number of rotatable bonds is 30. The summed E-state index contributed by atoms with van der Waals surface area (Å²) in [7, 11) is -13.5. The molecule has 1 aliphatic heterocycles. The molecule has 2 aromatic rings. The highest BCUT2D eigenvalue weighted by Crippen LogP contribution is 2.51. The Hall–Kier alpha value is -3.91. The summed E-state index contributed by atoms with van der Waals surface area (Å²) in [5, 5.41) is 38.3. The van der Waals surface area contributed by atoms with E-state index in [4.69, 9.17) is 10.2 Å². The van der Waals surface area contributed by atoms with Gasteiger partial charge < -0.3 is 34.5 Å². The third-order valence-corrected chi connectivity index (χ3v) is 23.3. The molecule has 1 aromatic heterocycles. The van der Waals surface area contributed by atoms with Crippen molar-refractivity contribution in [3.05, 3.63) is 41.7 Å². The number of aliphatic carboxylic acids is 3. The van der Waals surface area contributed by atoms with E-state index in [0.717, 1.165) is 0 Å². The highest BCUT2D eigenvalue weighted by atomic mass is 31.2. The largest absolute Gasteiger partial charge is 0.481 e. The lowest BCUT2D eigenvalue weighted by Gasteiger charge is -2.44. The summed E-state index contributed by atoms with van der Waals surface area (Å²) in [6, 6.07) is 5.18. The van der Waals surface area contributed by atoms with Gasteiger partial charge in [-0.1, -0.05) is 83.2 Å². The predicted molar refractivity (Wildman–Crippen MR) is 278 cm³/mol. The normalized spacial score (nSPS) is 17.5. The highest BCUT2D eigenvalue weighted by Gasteiger charge is 2.56. The molecule has 26 heteroatoms. The minimum Gasteiger partial charge on any atom is -0.481 e. The fourth-order valence-electron chi connectivity index (χ4n) is 9.06. The van der Waals surface area contributed by atoms with Crippen molar-refractivity contribution < 1.29 is 71.7 Å². The van der Waals surface area contributed by atoms with E-state index in [2.05, 4.69) is 15.6 Å². The van der Waals surface area contributed by atoms with Crippen LogP contribution in [0.1, 0.15) is 122 Å². The first-order chi connectivity index (χ1) is 33.9. The van der Waals surface area contributed by atoms with E-state index in [1.54, 1.807) is 39.0 Å². The van der Waals surface area contributed by atoms with Crippen molar-refractivity contribution in [3.63, 3.8) is 0 Å². The van der Waals surface area contributed by atoms with Gasteiger partial charge in [-0.2, -0.15) is 0 Å². The molecule has 1 aromatic carbocycles. The summed E-state index contributed by atoms with van der Waals surface area (Å²) in [4.78, 5) is 102. The van der Waals surface area contributed by atoms with E-state index < -0.39 is 95.2 Å². The van der Waals surface area contributed by atoms with Crippen LogP contribution in [0.3, 0.4) is 0 Å². The molecule has 73 heavy (non-hydrogen) atoms. The molecule has 0 bridgehead atoms. The number of unbranched alkanes of at least 4 members (excludes halogenated alkanes) is 1. The van der Waals surface area contributed by atoms with Gasteiger partial charge >= 0.3 is 25.7 Å². The molecular weight excluding hydrogens is 1030 g/mol. The molecule has 410 valence electrons. The van der Waals surface area contributed by atoms with Crippen LogP contribution in [-0.2, 0) is 44.1 Å². The van der Waals surface area contributed by atoms with E-state index >= 15 is 4.11 Å². The quantitative estimate of drug-likeness (QED) is 0.0305. The van der Waals surface area contributed by atoms with Crippen LogP contribution >= 0.6 is 22.5 Å². The average molecular weight is 1110 g/mol. The Labute approximate surface area is 429 Å². The molecule has 0 radical (unpaired) electrons. The van der Waals surface area contributed by atoms with E-state index in [0.29, 0.717) is 23.7 Å². The Morgan fingerprint density at radius 3 is 1.81 bits per heavy atom. The number of amides is 1. The van der Waals surface area contributed by atoms with Gasteiger partial charge in [0.15, 0.2) is 18.2 Å². The third kappa shape index (κ3) is 21.0. The SMILES string of the molecule is CCCCC(CC(=O)C(CNC(=O)c1ccc([Si](F)(C(C)(C)C)C(C)(C)C)cc1)n1cc(CCC(=O)CCP(=O)(O)CN2CCN(C[P+](=O)CCC(=O)O)CCN(CP(=O)(O)CCC(=O)O)CC2)nn1)C(=O)O. The number of carbonyl (C=O) groups is 6.